The molecule has 0 heterocycles. The summed E-state index contributed by atoms with van der Waals surface area (Å²) >= 11 is 6.46. The zero-order valence-corrected chi connectivity index (χ0v) is 26.5. The lowest BCUT2D eigenvalue weighted by atomic mass is 9.75. The van der Waals surface area contributed by atoms with Crippen LogP contribution in [-0.4, -0.2) is 21.2 Å². The van der Waals surface area contributed by atoms with Gasteiger partial charge in [-0.05, 0) is 33.4 Å². The maximum atomic E-state index is 15.6. The molecule has 0 nitrogen and oxygen atoms in total. The van der Waals surface area contributed by atoms with E-state index in [9.17, 15) is 0 Å². The SMILES string of the molecule is CC(C)(C)c1cc(C(C)(C)C)c(/[P+](=C(/F)Cl)[C-]([Si](C)(C)C)[Si](C)(C)C)c(C(C)(C)C)c1. The fourth-order valence-corrected chi connectivity index (χ4v) is 22.9. The molecule has 0 bridgehead atoms. The Morgan fingerprint density at radius 1 is 0.742 bits per heavy atom. The van der Waals surface area contributed by atoms with Crippen LogP contribution < -0.4 is 5.30 Å². The molecular formula is C26H47ClFPSi2. The molecule has 0 fully saturated rings. The maximum Gasteiger partial charge on any atom is 0.331 e. The van der Waals surface area contributed by atoms with Gasteiger partial charge in [0.05, 0.1) is 0 Å². The van der Waals surface area contributed by atoms with E-state index in [0.717, 1.165) is 0 Å². The summed E-state index contributed by atoms with van der Waals surface area (Å²) in [5.41, 5.74) is 3.66. The standard InChI is InChI=1S/C26H47ClFPSi2/c1-24(2,3)18-16-19(25(4,5)6)21(20(17-18)26(7,8)9)29(22(27)28)23(30(10,11)12)31(13,14)15/h16-17H,1-15H3. The van der Waals surface area contributed by atoms with Crippen LogP contribution in [-0.2, 0) is 16.2 Å². The van der Waals surface area contributed by atoms with Gasteiger partial charge in [-0.25, -0.2) is 0 Å². The fourth-order valence-electron chi connectivity index (χ4n) is 4.53. The van der Waals surface area contributed by atoms with Crippen molar-refractivity contribution in [2.45, 2.75) is 118 Å². The molecule has 0 radical (unpaired) electrons. The molecule has 0 saturated heterocycles. The van der Waals surface area contributed by atoms with Crippen molar-refractivity contribution in [2.75, 3.05) is 0 Å². The molecule has 1 unspecified atom stereocenters. The van der Waals surface area contributed by atoms with Gasteiger partial charge in [-0.15, -0.1) is 4.39 Å². The van der Waals surface area contributed by atoms with Crippen molar-refractivity contribution < 1.29 is 4.39 Å². The van der Waals surface area contributed by atoms with Gasteiger partial charge in [0.25, 0.3) is 0 Å². The molecule has 1 rings (SSSR count). The first kappa shape index (κ1) is 29.1. The molecule has 0 amide bonds. The topological polar surface area (TPSA) is 0 Å². The van der Waals surface area contributed by atoms with E-state index in [-0.39, 0.29) is 16.2 Å². The Bertz CT molecular complexity index is 786. The van der Waals surface area contributed by atoms with Crippen molar-refractivity contribution in [1.82, 2.24) is 0 Å². The van der Waals surface area contributed by atoms with Gasteiger partial charge < -0.3 is 0 Å². The predicted octanol–water partition coefficient (Wildman–Crippen LogP) is 9.27. The highest BCUT2D eigenvalue weighted by molar-refractivity contribution is 7.78. The van der Waals surface area contributed by atoms with Crippen LogP contribution in [0.4, 0.5) is 4.39 Å². The summed E-state index contributed by atoms with van der Waals surface area (Å²) in [7, 11) is -4.88. The Labute approximate surface area is 201 Å². The Kier molecular flexibility index (Phi) is 8.45. The number of benzene rings is 1. The van der Waals surface area contributed by atoms with E-state index in [0.29, 0.717) is 0 Å². The molecule has 0 aliphatic carbocycles. The lowest BCUT2D eigenvalue weighted by Crippen LogP contribution is -2.47. The van der Waals surface area contributed by atoms with Gasteiger partial charge in [0.2, 0.25) is 0 Å². The second-order valence-electron chi connectivity index (χ2n) is 14.1. The largest absolute Gasteiger partial charge is 0.331 e. The minimum Gasteiger partial charge on any atom is -0.148 e. The number of hydrogen-bond donors (Lipinski definition) is 0. The molecule has 0 saturated carbocycles. The maximum absolute atomic E-state index is 15.6. The monoisotopic (exact) mass is 500 g/mol. The van der Waals surface area contributed by atoms with E-state index in [2.05, 4.69) is 114 Å². The van der Waals surface area contributed by atoms with Gasteiger partial charge in [-0.3, -0.25) is 0 Å². The smallest absolute Gasteiger partial charge is 0.148 e. The average Bonchev–Trinajstić information content (AvgIpc) is 2.45. The predicted molar refractivity (Wildman–Crippen MR) is 151 cm³/mol. The van der Waals surface area contributed by atoms with Crippen LogP contribution in [0, 0.1) is 4.91 Å². The zero-order chi connectivity index (χ0) is 25.0. The van der Waals surface area contributed by atoms with Crippen molar-refractivity contribution in [3.8, 4) is 0 Å². The zero-order valence-electron chi connectivity index (χ0n) is 22.9. The summed E-state index contributed by atoms with van der Waals surface area (Å²) < 4.78 is 15.6. The van der Waals surface area contributed by atoms with E-state index >= 15 is 4.39 Å². The molecule has 0 aliphatic rings. The van der Waals surface area contributed by atoms with E-state index in [1.54, 1.807) is 0 Å². The summed E-state index contributed by atoms with van der Waals surface area (Å²) in [5, 5.41) is 0.796. The van der Waals surface area contributed by atoms with Crippen molar-refractivity contribution in [1.29, 1.82) is 0 Å². The van der Waals surface area contributed by atoms with Crippen LogP contribution in [0.2, 0.25) is 39.3 Å². The van der Waals surface area contributed by atoms with Crippen molar-refractivity contribution in [2.24, 2.45) is 0 Å². The molecular weight excluding hydrogens is 454 g/mol. The highest BCUT2D eigenvalue weighted by Gasteiger charge is 2.42. The van der Waals surface area contributed by atoms with Gasteiger partial charge in [0, 0.05) is 18.7 Å². The lowest BCUT2D eigenvalue weighted by molar-refractivity contribution is 0.553. The molecule has 0 spiro atoms. The molecule has 1 aromatic rings. The normalized spacial score (nSPS) is 15.4. The fraction of sp³-hybridized carbons (Fsp3) is 0.692. The molecule has 0 N–H and O–H groups in total. The Balaban J connectivity index is 4.36. The van der Waals surface area contributed by atoms with E-state index < -0.39 is 28.7 Å². The molecule has 5 heteroatoms. The summed E-state index contributed by atoms with van der Waals surface area (Å²) in [5.74, 6) is 0. The van der Waals surface area contributed by atoms with Gasteiger partial charge in [0.1, 0.15) is 5.30 Å². The summed E-state index contributed by atoms with van der Waals surface area (Å²) in [6.45, 7) is 34.5. The van der Waals surface area contributed by atoms with Crippen LogP contribution in [0.15, 0.2) is 12.1 Å². The number of hydrogen-bond acceptors (Lipinski definition) is 0. The van der Waals surface area contributed by atoms with Crippen molar-refractivity contribution in [3.05, 3.63) is 33.7 Å². The van der Waals surface area contributed by atoms with Gasteiger partial charge in [-0.2, -0.15) is 0 Å². The molecule has 0 aliphatic heterocycles. The molecule has 178 valence electrons. The Morgan fingerprint density at radius 3 is 1.26 bits per heavy atom. The first-order chi connectivity index (χ1) is 13.4. The molecule has 1 aromatic carbocycles. The Hall–Kier alpha value is 0.0438. The van der Waals surface area contributed by atoms with Gasteiger partial charge >= 0.3 is 5.01 Å². The van der Waals surface area contributed by atoms with Crippen molar-refractivity contribution >= 4 is 45.6 Å². The van der Waals surface area contributed by atoms with Crippen LogP contribution in [0.3, 0.4) is 0 Å². The van der Waals surface area contributed by atoms with Crippen molar-refractivity contribution in [3.63, 3.8) is 0 Å². The molecule has 0 aromatic heterocycles. The van der Waals surface area contributed by atoms with E-state index in [4.69, 9.17) is 11.6 Å². The summed E-state index contributed by atoms with van der Waals surface area (Å²) in [4.78, 5) is 1.47. The van der Waals surface area contributed by atoms with Crippen LogP contribution in [0.1, 0.15) is 79.0 Å². The molecule has 31 heavy (non-hydrogen) atoms. The summed E-state index contributed by atoms with van der Waals surface area (Å²) in [6.07, 6.45) is 0. The van der Waals surface area contributed by atoms with Gasteiger partial charge in [0.15, 0.2) is 0 Å². The van der Waals surface area contributed by atoms with Crippen LogP contribution in [0.25, 0.3) is 0 Å². The quantitative estimate of drug-likeness (QED) is 0.219. The number of rotatable bonds is 4. The summed E-state index contributed by atoms with van der Waals surface area (Å²) in [6, 6.07) is 4.71. The highest BCUT2D eigenvalue weighted by Crippen LogP contribution is 2.53. The lowest BCUT2D eigenvalue weighted by Gasteiger charge is -2.47. The number of halogens is 2. The van der Waals surface area contributed by atoms with Crippen LogP contribution in [0.5, 0.6) is 0 Å². The Morgan fingerprint density at radius 2 is 1.06 bits per heavy atom. The van der Waals surface area contributed by atoms with E-state index in [1.807, 2.05) is 0 Å². The molecule has 1 atom stereocenters. The second-order valence-corrected chi connectivity index (χ2v) is 28.0. The minimum absolute atomic E-state index is 0.0224. The van der Waals surface area contributed by atoms with E-state index in [1.165, 1.54) is 26.9 Å². The minimum atomic E-state index is -1.78. The highest BCUT2D eigenvalue weighted by atomic mass is 35.5. The second kappa shape index (κ2) is 9.01. The third-order valence-corrected chi connectivity index (χ3v) is 20.6. The van der Waals surface area contributed by atoms with Crippen LogP contribution >= 0.6 is 19.1 Å². The first-order valence-corrected chi connectivity index (χ1v) is 20.2. The average molecular weight is 501 g/mol. The first-order valence-electron chi connectivity index (χ1n) is 11.5. The third-order valence-electron chi connectivity index (χ3n) is 5.63. The third kappa shape index (κ3) is 7.01. The van der Waals surface area contributed by atoms with Gasteiger partial charge in [-0.1, -0.05) is 135 Å².